The summed E-state index contributed by atoms with van der Waals surface area (Å²) in [6.45, 7) is 9.26. The molecule has 18 heavy (non-hydrogen) atoms. The molecule has 1 aliphatic rings. The van der Waals surface area contributed by atoms with Crippen molar-refractivity contribution in [3.63, 3.8) is 0 Å². The molecule has 0 radical (unpaired) electrons. The minimum Gasteiger partial charge on any atom is -0.373 e. The van der Waals surface area contributed by atoms with Crippen molar-refractivity contribution in [3.8, 4) is 0 Å². The highest BCUT2D eigenvalue weighted by Crippen LogP contribution is 2.22. The number of hydrogen-bond donors (Lipinski definition) is 1. The lowest BCUT2D eigenvalue weighted by Crippen LogP contribution is -2.20. The van der Waals surface area contributed by atoms with E-state index in [0.29, 0.717) is 12.2 Å². The molecule has 3 atom stereocenters. The van der Waals surface area contributed by atoms with Crippen molar-refractivity contribution >= 4 is 0 Å². The molecule has 2 N–H and O–H groups in total. The van der Waals surface area contributed by atoms with Gasteiger partial charge in [-0.15, -0.1) is 0 Å². The third-order valence-electron chi connectivity index (χ3n) is 3.75. The third kappa shape index (κ3) is 2.93. The predicted molar refractivity (Wildman–Crippen MR) is 72.6 cm³/mol. The Morgan fingerprint density at radius 3 is 2.72 bits per heavy atom. The van der Waals surface area contributed by atoms with E-state index < -0.39 is 0 Å². The molecule has 2 heterocycles. The van der Waals surface area contributed by atoms with E-state index in [2.05, 4.69) is 30.6 Å². The molecule has 1 aliphatic heterocycles. The Labute approximate surface area is 110 Å². The van der Waals surface area contributed by atoms with Gasteiger partial charge in [0.15, 0.2) is 0 Å². The Bertz CT molecular complexity index is 411. The summed E-state index contributed by atoms with van der Waals surface area (Å²) in [5.74, 6) is 0. The SMILES string of the molecule is Cc1nn(CC2CCC(C)O2)c(C)c1CC(C)N. The quantitative estimate of drug-likeness (QED) is 0.890. The molecular weight excluding hydrogens is 226 g/mol. The Hall–Kier alpha value is -0.870. The van der Waals surface area contributed by atoms with Crippen LogP contribution in [0.25, 0.3) is 0 Å². The number of aryl methyl sites for hydroxylation is 1. The Morgan fingerprint density at radius 1 is 1.44 bits per heavy atom. The molecule has 0 saturated carbocycles. The summed E-state index contributed by atoms with van der Waals surface area (Å²) < 4.78 is 7.96. The summed E-state index contributed by atoms with van der Waals surface area (Å²) in [5, 5.41) is 4.63. The summed E-state index contributed by atoms with van der Waals surface area (Å²) in [5.41, 5.74) is 9.54. The van der Waals surface area contributed by atoms with Crippen LogP contribution < -0.4 is 5.73 Å². The van der Waals surface area contributed by atoms with Crippen LogP contribution in [0, 0.1) is 13.8 Å². The maximum absolute atomic E-state index is 5.89. The molecule has 2 rings (SSSR count). The van der Waals surface area contributed by atoms with Gasteiger partial charge in [-0.2, -0.15) is 5.10 Å². The van der Waals surface area contributed by atoms with Crippen LogP contribution >= 0.6 is 0 Å². The van der Waals surface area contributed by atoms with Gasteiger partial charge in [0.05, 0.1) is 24.4 Å². The van der Waals surface area contributed by atoms with Gasteiger partial charge in [-0.05, 0) is 52.5 Å². The Morgan fingerprint density at radius 2 is 2.17 bits per heavy atom. The summed E-state index contributed by atoms with van der Waals surface area (Å²) in [6, 6.07) is 0.183. The summed E-state index contributed by atoms with van der Waals surface area (Å²) in [7, 11) is 0. The topological polar surface area (TPSA) is 53.1 Å². The fourth-order valence-corrected chi connectivity index (χ4v) is 2.74. The van der Waals surface area contributed by atoms with E-state index in [4.69, 9.17) is 10.5 Å². The standard InChI is InChI=1S/C14H25N3O/c1-9(15)7-14-11(3)16-17(12(14)4)8-13-6-5-10(2)18-13/h9-10,13H,5-8,15H2,1-4H3. The van der Waals surface area contributed by atoms with Gasteiger partial charge < -0.3 is 10.5 Å². The van der Waals surface area contributed by atoms with Crippen LogP contribution in [0.4, 0.5) is 0 Å². The van der Waals surface area contributed by atoms with E-state index in [1.54, 1.807) is 0 Å². The van der Waals surface area contributed by atoms with Gasteiger partial charge in [-0.25, -0.2) is 0 Å². The lowest BCUT2D eigenvalue weighted by Gasteiger charge is -2.13. The first-order chi connectivity index (χ1) is 8.47. The number of ether oxygens (including phenoxy) is 1. The van der Waals surface area contributed by atoms with Crippen LogP contribution in [0.1, 0.15) is 43.6 Å². The highest BCUT2D eigenvalue weighted by Gasteiger charge is 2.23. The predicted octanol–water partition coefficient (Wildman–Crippen LogP) is 1.96. The average Bonchev–Trinajstić information content (AvgIpc) is 2.78. The van der Waals surface area contributed by atoms with Crippen LogP contribution in [0.5, 0.6) is 0 Å². The van der Waals surface area contributed by atoms with E-state index in [-0.39, 0.29) is 6.04 Å². The van der Waals surface area contributed by atoms with E-state index in [1.807, 2.05) is 6.92 Å². The summed E-state index contributed by atoms with van der Waals surface area (Å²) in [6.07, 6.45) is 3.93. The Kier molecular flexibility index (Phi) is 4.07. The molecule has 1 aromatic rings. The largest absolute Gasteiger partial charge is 0.373 e. The molecule has 0 bridgehead atoms. The van der Waals surface area contributed by atoms with Crippen molar-refractivity contribution < 1.29 is 4.74 Å². The zero-order chi connectivity index (χ0) is 13.3. The molecule has 0 aliphatic carbocycles. The van der Waals surface area contributed by atoms with Gasteiger partial charge in [0, 0.05) is 11.7 Å². The van der Waals surface area contributed by atoms with Gasteiger partial charge in [-0.1, -0.05) is 0 Å². The van der Waals surface area contributed by atoms with Gasteiger partial charge in [0.2, 0.25) is 0 Å². The van der Waals surface area contributed by atoms with Gasteiger partial charge >= 0.3 is 0 Å². The molecular formula is C14H25N3O. The first kappa shape index (κ1) is 13.6. The van der Waals surface area contributed by atoms with Crippen LogP contribution in [-0.2, 0) is 17.7 Å². The zero-order valence-corrected chi connectivity index (χ0v) is 11.9. The van der Waals surface area contributed by atoms with Crippen molar-refractivity contribution in [2.75, 3.05) is 0 Å². The number of nitrogens with zero attached hydrogens (tertiary/aromatic N) is 2. The molecule has 0 amide bonds. The van der Waals surface area contributed by atoms with Crippen LogP contribution in [0.15, 0.2) is 0 Å². The third-order valence-corrected chi connectivity index (χ3v) is 3.75. The molecule has 102 valence electrons. The number of hydrogen-bond acceptors (Lipinski definition) is 3. The molecule has 1 aromatic heterocycles. The number of aromatic nitrogens is 2. The fourth-order valence-electron chi connectivity index (χ4n) is 2.74. The smallest absolute Gasteiger partial charge is 0.0775 e. The molecule has 1 fully saturated rings. The van der Waals surface area contributed by atoms with Crippen molar-refractivity contribution in [3.05, 3.63) is 17.0 Å². The average molecular weight is 251 g/mol. The van der Waals surface area contributed by atoms with E-state index >= 15 is 0 Å². The highest BCUT2D eigenvalue weighted by atomic mass is 16.5. The van der Waals surface area contributed by atoms with E-state index in [0.717, 1.165) is 31.5 Å². The van der Waals surface area contributed by atoms with Gasteiger partial charge in [0.25, 0.3) is 0 Å². The van der Waals surface area contributed by atoms with Gasteiger partial charge in [0.1, 0.15) is 0 Å². The van der Waals surface area contributed by atoms with Crippen molar-refractivity contribution in [2.45, 2.75) is 71.8 Å². The highest BCUT2D eigenvalue weighted by molar-refractivity contribution is 5.25. The monoisotopic (exact) mass is 251 g/mol. The maximum atomic E-state index is 5.89. The Balaban J connectivity index is 2.09. The number of nitrogens with two attached hydrogens (primary N) is 1. The van der Waals surface area contributed by atoms with Crippen molar-refractivity contribution in [2.24, 2.45) is 5.73 Å². The van der Waals surface area contributed by atoms with Crippen molar-refractivity contribution in [1.29, 1.82) is 0 Å². The van der Waals surface area contributed by atoms with E-state index in [1.165, 1.54) is 11.3 Å². The minimum atomic E-state index is 0.183. The maximum Gasteiger partial charge on any atom is 0.0775 e. The molecule has 4 nitrogen and oxygen atoms in total. The van der Waals surface area contributed by atoms with Crippen molar-refractivity contribution in [1.82, 2.24) is 9.78 Å². The first-order valence-electron chi connectivity index (χ1n) is 6.91. The van der Waals surface area contributed by atoms with Crippen LogP contribution in [0.3, 0.4) is 0 Å². The van der Waals surface area contributed by atoms with Gasteiger partial charge in [-0.3, -0.25) is 4.68 Å². The lowest BCUT2D eigenvalue weighted by molar-refractivity contribution is 0.0433. The molecule has 0 spiro atoms. The fraction of sp³-hybridized carbons (Fsp3) is 0.786. The van der Waals surface area contributed by atoms with E-state index in [9.17, 15) is 0 Å². The second-order valence-corrected chi connectivity index (χ2v) is 5.66. The minimum absolute atomic E-state index is 0.183. The second-order valence-electron chi connectivity index (χ2n) is 5.66. The molecule has 3 unspecified atom stereocenters. The second kappa shape index (κ2) is 5.41. The lowest BCUT2D eigenvalue weighted by atomic mass is 10.1. The number of rotatable bonds is 4. The first-order valence-corrected chi connectivity index (χ1v) is 6.91. The summed E-state index contributed by atoms with van der Waals surface area (Å²) >= 11 is 0. The molecule has 0 aromatic carbocycles. The molecule has 1 saturated heterocycles. The van der Waals surface area contributed by atoms with Crippen LogP contribution in [-0.4, -0.2) is 28.0 Å². The summed E-state index contributed by atoms with van der Waals surface area (Å²) in [4.78, 5) is 0. The normalized spacial score (nSPS) is 25.6. The molecule has 4 heteroatoms. The van der Waals surface area contributed by atoms with Crippen LogP contribution in [0.2, 0.25) is 0 Å². The zero-order valence-electron chi connectivity index (χ0n) is 11.9.